The molecule has 9 heteroatoms. The molecule has 0 aliphatic heterocycles. The van der Waals surface area contributed by atoms with Crippen LogP contribution in [0, 0.1) is 56.2 Å². The Morgan fingerprint density at radius 1 is 0.944 bits per heavy atom. The van der Waals surface area contributed by atoms with Crippen molar-refractivity contribution in [1.82, 2.24) is 0 Å². The summed E-state index contributed by atoms with van der Waals surface area (Å²) in [5, 5.41) is 39.5. The fraction of sp³-hybridized carbons (Fsp3) is 0.444. The van der Waals surface area contributed by atoms with Gasteiger partial charge >= 0.3 is 11.9 Å². The van der Waals surface area contributed by atoms with E-state index in [-0.39, 0.29) is 47.3 Å². The van der Waals surface area contributed by atoms with Crippen LogP contribution < -0.4 is 0 Å². The van der Waals surface area contributed by atoms with Crippen molar-refractivity contribution in [2.24, 2.45) is 15.8 Å². The topological polar surface area (TPSA) is 160 Å². The smallest absolute Gasteiger partial charge is 0.340 e. The normalized spacial score (nSPS) is 23.5. The SMILES string of the molecule is CCOC(=O)C1=C(C(=O)OCC)C2(C=CC(=C(C#N)C#N)C=C2)C(C#N)(C#N)C1=NC1CCCCC1. The highest BCUT2D eigenvalue weighted by molar-refractivity contribution is 6.31. The van der Waals surface area contributed by atoms with E-state index in [1.54, 1.807) is 26.0 Å². The summed E-state index contributed by atoms with van der Waals surface area (Å²) in [6.07, 6.45) is 9.93. The van der Waals surface area contributed by atoms with Crippen LogP contribution in [0.2, 0.25) is 0 Å². The molecule has 0 aromatic rings. The van der Waals surface area contributed by atoms with E-state index in [0.717, 1.165) is 32.1 Å². The van der Waals surface area contributed by atoms with E-state index >= 15 is 0 Å². The third-order valence-electron chi connectivity index (χ3n) is 6.62. The Morgan fingerprint density at radius 3 is 2.00 bits per heavy atom. The molecule has 0 atom stereocenters. The average Bonchev–Trinajstić information content (AvgIpc) is 3.12. The Hall–Kier alpha value is -4.47. The third-order valence-corrected chi connectivity index (χ3v) is 6.62. The highest BCUT2D eigenvalue weighted by Gasteiger charge is 2.66. The van der Waals surface area contributed by atoms with Gasteiger partial charge in [-0.25, -0.2) is 9.59 Å². The minimum absolute atomic E-state index is 0.000514. The van der Waals surface area contributed by atoms with E-state index in [1.807, 2.05) is 0 Å². The molecule has 0 unspecified atom stereocenters. The van der Waals surface area contributed by atoms with Crippen LogP contribution in [0.1, 0.15) is 46.0 Å². The zero-order valence-corrected chi connectivity index (χ0v) is 20.2. The lowest BCUT2D eigenvalue weighted by Crippen LogP contribution is -2.42. The second-order valence-electron chi connectivity index (χ2n) is 8.52. The van der Waals surface area contributed by atoms with Crippen LogP contribution in [0.5, 0.6) is 0 Å². The maximum atomic E-state index is 13.4. The molecule has 0 heterocycles. The Bertz CT molecular complexity index is 1230. The minimum atomic E-state index is -2.09. The first-order valence-corrected chi connectivity index (χ1v) is 11.8. The summed E-state index contributed by atoms with van der Waals surface area (Å²) in [5.41, 5.74) is -4.35. The zero-order valence-electron chi connectivity index (χ0n) is 20.2. The van der Waals surface area contributed by atoms with Gasteiger partial charge in [0.2, 0.25) is 5.41 Å². The first kappa shape index (κ1) is 26.1. The molecule has 0 radical (unpaired) electrons. The van der Waals surface area contributed by atoms with E-state index in [1.165, 1.54) is 24.3 Å². The number of carbonyl (C=O) groups is 2. The summed E-state index contributed by atoms with van der Waals surface area (Å²) in [7, 11) is 0. The second-order valence-corrected chi connectivity index (χ2v) is 8.52. The molecule has 1 fully saturated rings. The first-order valence-electron chi connectivity index (χ1n) is 11.8. The fourth-order valence-corrected chi connectivity index (χ4v) is 4.93. The number of nitrogens with zero attached hydrogens (tertiary/aromatic N) is 5. The lowest BCUT2D eigenvalue weighted by atomic mass is 9.61. The van der Waals surface area contributed by atoms with E-state index in [4.69, 9.17) is 14.5 Å². The van der Waals surface area contributed by atoms with Crippen molar-refractivity contribution in [3.8, 4) is 24.3 Å². The van der Waals surface area contributed by atoms with Crippen molar-refractivity contribution in [2.45, 2.75) is 52.0 Å². The first-order chi connectivity index (χ1) is 17.4. The molecule has 0 saturated heterocycles. The molecule has 182 valence electrons. The lowest BCUT2D eigenvalue weighted by molar-refractivity contribution is -0.141. The van der Waals surface area contributed by atoms with E-state index < -0.39 is 22.8 Å². The van der Waals surface area contributed by atoms with Crippen molar-refractivity contribution in [1.29, 1.82) is 21.0 Å². The van der Waals surface area contributed by atoms with Crippen molar-refractivity contribution in [2.75, 3.05) is 13.2 Å². The van der Waals surface area contributed by atoms with Gasteiger partial charge in [0, 0.05) is 5.57 Å². The number of ether oxygens (including phenoxy) is 2. The Labute approximate surface area is 209 Å². The second kappa shape index (κ2) is 10.9. The molecule has 36 heavy (non-hydrogen) atoms. The number of nitriles is 4. The molecule has 0 amide bonds. The van der Waals surface area contributed by atoms with Gasteiger partial charge in [-0.05, 0) is 26.7 Å². The van der Waals surface area contributed by atoms with Crippen LogP contribution >= 0.6 is 0 Å². The van der Waals surface area contributed by atoms with E-state index in [2.05, 4.69) is 12.1 Å². The summed E-state index contributed by atoms with van der Waals surface area (Å²) < 4.78 is 10.6. The molecule has 1 saturated carbocycles. The standard InChI is InChI=1S/C27H25N5O4/c1-3-35-24(33)21-22(25(34)36-4-2)26(12-10-18(11-13-26)19(14-28)15-29)27(16-30,17-31)23(21)32-20-8-6-5-7-9-20/h10-13,20H,3-9H2,1-2H3. The van der Waals surface area contributed by atoms with E-state index in [0.29, 0.717) is 0 Å². The quantitative estimate of drug-likeness (QED) is 0.422. The Balaban J connectivity index is 2.42. The Kier molecular flexibility index (Phi) is 7.88. The fourth-order valence-electron chi connectivity index (χ4n) is 4.93. The monoisotopic (exact) mass is 483 g/mol. The predicted octanol–water partition coefficient (Wildman–Crippen LogP) is 3.69. The summed E-state index contributed by atoms with van der Waals surface area (Å²) >= 11 is 0. The van der Waals surface area contributed by atoms with E-state index in [9.17, 15) is 30.6 Å². The van der Waals surface area contributed by atoms with Crippen molar-refractivity contribution >= 4 is 17.7 Å². The maximum Gasteiger partial charge on any atom is 0.340 e. The van der Waals surface area contributed by atoms with Crippen molar-refractivity contribution in [3.63, 3.8) is 0 Å². The number of hydrogen-bond donors (Lipinski definition) is 0. The highest BCUT2D eigenvalue weighted by atomic mass is 16.5. The number of aliphatic imine (C=N–C) groups is 1. The van der Waals surface area contributed by atoms with Gasteiger partial charge in [-0.3, -0.25) is 4.99 Å². The number of rotatable bonds is 5. The summed E-state index contributed by atoms with van der Waals surface area (Å²) in [4.78, 5) is 31.4. The molecule has 0 aromatic heterocycles. The molecular weight excluding hydrogens is 458 g/mol. The molecule has 0 aromatic carbocycles. The van der Waals surface area contributed by atoms with Gasteiger partial charge < -0.3 is 9.47 Å². The molecule has 3 aliphatic carbocycles. The number of esters is 2. The zero-order chi connectivity index (χ0) is 26.3. The van der Waals surface area contributed by atoms with Gasteiger partial charge in [-0.2, -0.15) is 21.0 Å². The highest BCUT2D eigenvalue weighted by Crippen LogP contribution is 2.58. The van der Waals surface area contributed by atoms with Gasteiger partial charge in [0.15, 0.2) is 0 Å². The van der Waals surface area contributed by atoms with Gasteiger partial charge in [-0.1, -0.05) is 43.6 Å². The third kappa shape index (κ3) is 4.10. The Morgan fingerprint density at radius 2 is 1.50 bits per heavy atom. The van der Waals surface area contributed by atoms with Gasteiger partial charge in [0.05, 0.1) is 53.7 Å². The maximum absolute atomic E-state index is 13.4. The summed E-state index contributed by atoms with van der Waals surface area (Å²) in [6.45, 7) is 3.19. The molecule has 9 nitrogen and oxygen atoms in total. The van der Waals surface area contributed by atoms with Crippen LogP contribution in [-0.4, -0.2) is 36.9 Å². The van der Waals surface area contributed by atoms with Crippen LogP contribution in [0.3, 0.4) is 0 Å². The molecule has 0 N–H and O–H groups in total. The largest absolute Gasteiger partial charge is 0.463 e. The summed E-state index contributed by atoms with van der Waals surface area (Å²) in [5.74, 6) is -1.76. The molecular formula is C27H25N5O4. The van der Waals surface area contributed by atoms with Crippen LogP contribution in [0.15, 0.2) is 51.6 Å². The minimum Gasteiger partial charge on any atom is -0.463 e. The number of allylic oxidation sites excluding steroid dienone is 6. The predicted molar refractivity (Wildman–Crippen MR) is 127 cm³/mol. The van der Waals surface area contributed by atoms with Crippen LogP contribution in [0.25, 0.3) is 0 Å². The average molecular weight is 484 g/mol. The van der Waals surface area contributed by atoms with Gasteiger partial charge in [-0.15, -0.1) is 0 Å². The van der Waals surface area contributed by atoms with Crippen molar-refractivity contribution < 1.29 is 19.1 Å². The molecule has 0 bridgehead atoms. The summed E-state index contributed by atoms with van der Waals surface area (Å²) in [6, 6.07) is 7.47. The lowest BCUT2D eigenvalue weighted by Gasteiger charge is -2.35. The molecule has 3 rings (SSSR count). The molecule has 3 aliphatic rings. The van der Waals surface area contributed by atoms with Gasteiger partial charge in [0.25, 0.3) is 0 Å². The molecule has 1 spiro atoms. The number of carbonyl (C=O) groups excluding carboxylic acids is 2. The number of hydrogen-bond acceptors (Lipinski definition) is 9. The van der Waals surface area contributed by atoms with Crippen LogP contribution in [0.4, 0.5) is 0 Å². The van der Waals surface area contributed by atoms with Crippen molar-refractivity contribution in [3.05, 3.63) is 46.6 Å². The van der Waals surface area contributed by atoms with Crippen LogP contribution in [-0.2, 0) is 19.1 Å². The van der Waals surface area contributed by atoms with Gasteiger partial charge in [0.1, 0.15) is 17.7 Å².